The zero-order chi connectivity index (χ0) is 42.4. The first-order valence-electron chi connectivity index (χ1n) is 21.7. The van der Waals surface area contributed by atoms with Crippen LogP contribution in [0, 0.1) is 0 Å². The van der Waals surface area contributed by atoms with Gasteiger partial charge in [0.25, 0.3) is 0 Å². The molecule has 0 atom stereocenters. The van der Waals surface area contributed by atoms with E-state index < -0.39 is 0 Å². The summed E-state index contributed by atoms with van der Waals surface area (Å²) in [4.78, 5) is 22.9. The zero-order valence-corrected chi connectivity index (χ0v) is 35.7. The van der Waals surface area contributed by atoms with Gasteiger partial charge in [-0.25, -0.2) is 9.59 Å². The molecule has 0 aliphatic carbocycles. The minimum atomic E-state index is -0.302. The second-order valence-corrected chi connectivity index (χ2v) is 15.5. The molecule has 0 saturated heterocycles. The van der Waals surface area contributed by atoms with Gasteiger partial charge in [0, 0.05) is 11.1 Å². The Morgan fingerprint density at radius 3 is 1.03 bits per heavy atom. The summed E-state index contributed by atoms with van der Waals surface area (Å²) in [5.74, 6) is 1.17. The summed E-state index contributed by atoms with van der Waals surface area (Å²) in [6.45, 7) is 12.9. The molecule has 0 unspecified atom stereocenters. The van der Waals surface area contributed by atoms with E-state index in [9.17, 15) is 9.59 Å². The molecule has 0 fully saturated rings. The molecule has 0 N–H and O–H groups in total. The highest BCUT2D eigenvalue weighted by atomic mass is 16.5. The Labute approximate surface area is 357 Å². The summed E-state index contributed by atoms with van der Waals surface area (Å²) in [7, 11) is 0. The van der Waals surface area contributed by atoms with Crippen molar-refractivity contribution in [2.45, 2.75) is 90.9 Å². The summed E-state index contributed by atoms with van der Waals surface area (Å²) in [6, 6.07) is 34.0. The van der Waals surface area contributed by atoms with Gasteiger partial charge in [-0.15, -0.1) is 0 Å². The van der Waals surface area contributed by atoms with Gasteiger partial charge in [-0.05, 0) is 108 Å². The molecular formula is C54H62O6. The average molecular weight is 807 g/mol. The highest BCUT2D eigenvalue weighted by molar-refractivity contribution is 6.14. The summed E-state index contributed by atoms with van der Waals surface area (Å²) in [5, 5.41) is 4.86. The van der Waals surface area contributed by atoms with Crippen LogP contribution in [0.4, 0.5) is 0 Å². The van der Waals surface area contributed by atoms with Gasteiger partial charge in [-0.1, -0.05) is 162 Å². The number of benzene rings is 5. The van der Waals surface area contributed by atoms with Gasteiger partial charge in [0.2, 0.25) is 0 Å². The van der Waals surface area contributed by atoms with E-state index in [2.05, 4.69) is 135 Å². The topological polar surface area (TPSA) is 71.1 Å². The molecule has 0 saturated carbocycles. The smallest absolute Gasteiger partial charge is 0.333 e. The minimum Gasteiger partial charge on any atom is -0.494 e. The second-order valence-electron chi connectivity index (χ2n) is 15.5. The molecule has 6 heteroatoms. The molecule has 0 heterocycles. The number of carbonyl (C=O) groups is 2. The molecule has 314 valence electrons. The summed E-state index contributed by atoms with van der Waals surface area (Å²) < 4.78 is 22.4. The first-order valence-corrected chi connectivity index (χ1v) is 21.7. The van der Waals surface area contributed by atoms with Crippen molar-refractivity contribution in [1.82, 2.24) is 0 Å². The lowest BCUT2D eigenvalue weighted by Gasteiger charge is -2.13. The van der Waals surface area contributed by atoms with Gasteiger partial charge < -0.3 is 18.9 Å². The maximum atomic E-state index is 11.4. The molecule has 0 radical (unpaired) electrons. The van der Waals surface area contributed by atoms with Crippen LogP contribution in [-0.2, 0) is 19.1 Å². The van der Waals surface area contributed by atoms with Crippen molar-refractivity contribution < 1.29 is 28.5 Å². The van der Waals surface area contributed by atoms with Crippen molar-refractivity contribution in [2.24, 2.45) is 0 Å². The summed E-state index contributed by atoms with van der Waals surface area (Å²) in [5.41, 5.74) is 5.54. The zero-order valence-electron chi connectivity index (χ0n) is 35.7. The van der Waals surface area contributed by atoms with Crippen LogP contribution in [0.2, 0.25) is 0 Å². The average Bonchev–Trinajstić information content (AvgIpc) is 3.26. The highest BCUT2D eigenvalue weighted by Crippen LogP contribution is 2.35. The van der Waals surface area contributed by atoms with Crippen molar-refractivity contribution in [3.8, 4) is 11.5 Å². The first-order chi connectivity index (χ1) is 29.3. The molecule has 0 aromatic heterocycles. The summed E-state index contributed by atoms with van der Waals surface area (Å²) in [6.07, 6.45) is 21.6. The van der Waals surface area contributed by atoms with Crippen LogP contribution in [0.25, 0.3) is 45.8 Å². The van der Waals surface area contributed by atoms with Crippen molar-refractivity contribution in [3.05, 3.63) is 144 Å². The third-order valence-electron chi connectivity index (χ3n) is 10.4. The monoisotopic (exact) mass is 806 g/mol. The van der Waals surface area contributed by atoms with E-state index in [1.54, 1.807) is 13.8 Å². The number of hydrogen-bond acceptors (Lipinski definition) is 6. The Kier molecular flexibility index (Phi) is 18.8. The van der Waals surface area contributed by atoms with E-state index in [1.165, 1.54) is 32.7 Å². The molecule has 0 aliphatic heterocycles. The minimum absolute atomic E-state index is 0.302. The Morgan fingerprint density at radius 2 is 0.717 bits per heavy atom. The standard InChI is InChI=1S/C54H62O6/c1-41(2)53(55)59-39-19-11-7-5-9-17-37-57-45-31-25-43(26-32-45)29-35-51-47-21-13-15-23-49(47)52(50-24-16-14-22-48(50)51)36-30-44-27-33-46(34-28-44)58-38-18-10-6-8-12-20-40-60-54(56)42(3)4/h13-16,21-36H,1,3,5-12,17-20,37-40H2,2,4H3/b35-29+,36-30+. The number of rotatable bonds is 26. The molecule has 0 aliphatic rings. The van der Waals surface area contributed by atoms with Crippen LogP contribution in [-0.4, -0.2) is 38.4 Å². The number of ether oxygens (including phenoxy) is 4. The van der Waals surface area contributed by atoms with E-state index in [1.807, 2.05) is 0 Å². The van der Waals surface area contributed by atoms with Gasteiger partial charge in [0.15, 0.2) is 0 Å². The van der Waals surface area contributed by atoms with E-state index in [0.717, 1.165) is 99.7 Å². The van der Waals surface area contributed by atoms with Crippen LogP contribution < -0.4 is 9.47 Å². The van der Waals surface area contributed by atoms with Crippen molar-refractivity contribution in [2.75, 3.05) is 26.4 Å². The van der Waals surface area contributed by atoms with Gasteiger partial charge in [-0.2, -0.15) is 0 Å². The van der Waals surface area contributed by atoms with E-state index in [-0.39, 0.29) is 11.9 Å². The maximum absolute atomic E-state index is 11.4. The van der Waals surface area contributed by atoms with E-state index in [4.69, 9.17) is 18.9 Å². The van der Waals surface area contributed by atoms with Crippen LogP contribution in [0.5, 0.6) is 11.5 Å². The lowest BCUT2D eigenvalue weighted by atomic mass is 9.91. The Hall–Kier alpha value is -5.88. The van der Waals surface area contributed by atoms with E-state index >= 15 is 0 Å². The molecule has 0 amide bonds. The Balaban J connectivity index is 1.10. The lowest BCUT2D eigenvalue weighted by molar-refractivity contribution is -0.139. The number of carbonyl (C=O) groups excluding carboxylic acids is 2. The van der Waals surface area contributed by atoms with Crippen molar-refractivity contribution in [1.29, 1.82) is 0 Å². The number of hydrogen-bond donors (Lipinski definition) is 0. The fourth-order valence-corrected chi connectivity index (χ4v) is 7.04. The predicted octanol–water partition coefficient (Wildman–Crippen LogP) is 14.0. The SMILES string of the molecule is C=C(C)C(=O)OCCCCCCCCOc1ccc(/C=C/c2c3ccccc3c(/C=C/c3ccc(OCCCCCCCCOC(=O)C(=C)C)cc3)c3ccccc23)cc1. The predicted molar refractivity (Wildman–Crippen MR) is 250 cm³/mol. The van der Waals surface area contributed by atoms with Crippen LogP contribution in [0.3, 0.4) is 0 Å². The fourth-order valence-electron chi connectivity index (χ4n) is 7.04. The Morgan fingerprint density at radius 1 is 0.417 bits per heavy atom. The summed E-state index contributed by atoms with van der Waals surface area (Å²) >= 11 is 0. The largest absolute Gasteiger partial charge is 0.494 e. The van der Waals surface area contributed by atoms with Gasteiger partial charge in [0.1, 0.15) is 11.5 Å². The normalized spacial score (nSPS) is 11.4. The maximum Gasteiger partial charge on any atom is 0.333 e. The first kappa shape index (κ1) is 45.2. The van der Waals surface area contributed by atoms with Gasteiger partial charge in [-0.3, -0.25) is 0 Å². The third kappa shape index (κ3) is 14.7. The molecule has 60 heavy (non-hydrogen) atoms. The Bertz CT molecular complexity index is 2000. The third-order valence-corrected chi connectivity index (χ3v) is 10.4. The van der Waals surface area contributed by atoms with Crippen LogP contribution in [0.1, 0.15) is 113 Å². The fraction of sp³-hybridized carbons (Fsp3) is 0.333. The van der Waals surface area contributed by atoms with Gasteiger partial charge >= 0.3 is 11.9 Å². The molecular weight excluding hydrogens is 745 g/mol. The molecule has 5 rings (SSSR count). The highest BCUT2D eigenvalue weighted by Gasteiger charge is 2.11. The molecule has 5 aromatic carbocycles. The van der Waals surface area contributed by atoms with Crippen LogP contribution >= 0.6 is 0 Å². The molecule has 0 bridgehead atoms. The van der Waals surface area contributed by atoms with Crippen molar-refractivity contribution in [3.63, 3.8) is 0 Å². The quantitative estimate of drug-likeness (QED) is 0.0182. The second kappa shape index (κ2) is 24.9. The molecule has 0 spiro atoms. The van der Waals surface area contributed by atoms with Crippen LogP contribution in [0.15, 0.2) is 121 Å². The number of unbranched alkanes of at least 4 members (excludes halogenated alkanes) is 10. The van der Waals surface area contributed by atoms with Crippen molar-refractivity contribution >= 4 is 57.8 Å². The molecule has 5 aromatic rings. The molecule has 6 nitrogen and oxygen atoms in total. The number of fused-ring (bicyclic) bond motifs is 2. The number of esters is 2. The van der Waals surface area contributed by atoms with E-state index in [0.29, 0.717) is 37.6 Å². The lowest BCUT2D eigenvalue weighted by Crippen LogP contribution is -2.06. The van der Waals surface area contributed by atoms with Gasteiger partial charge in [0.05, 0.1) is 26.4 Å².